The molecule has 0 spiro atoms. The van der Waals surface area contributed by atoms with Crippen LogP contribution >= 0.6 is 0 Å². The molecule has 1 N–H and O–H groups in total. The molecule has 0 aromatic carbocycles. The maximum Gasteiger partial charge on any atom is 0.220 e. The highest BCUT2D eigenvalue weighted by Crippen LogP contribution is 2.18. The fraction of sp³-hybridized carbons (Fsp3) is 0.625. The van der Waals surface area contributed by atoms with Crippen molar-refractivity contribution < 1.29 is 9.53 Å². The van der Waals surface area contributed by atoms with Gasteiger partial charge in [-0.15, -0.1) is 15.3 Å². The first kappa shape index (κ1) is 16.6. The molecule has 1 aliphatic heterocycles. The number of fused-ring (bicyclic) bond motifs is 1. The SMILES string of the molecule is COCCNC(=O)CCc1nnc2ccc(N3CCCCC3)nn12. The van der Waals surface area contributed by atoms with Gasteiger partial charge in [0.05, 0.1) is 6.61 Å². The van der Waals surface area contributed by atoms with Gasteiger partial charge in [0.25, 0.3) is 0 Å². The van der Waals surface area contributed by atoms with Crippen LogP contribution in [0, 0.1) is 0 Å². The largest absolute Gasteiger partial charge is 0.383 e. The van der Waals surface area contributed by atoms with E-state index in [1.807, 2.05) is 12.1 Å². The Morgan fingerprint density at radius 1 is 1.25 bits per heavy atom. The van der Waals surface area contributed by atoms with Crippen molar-refractivity contribution in [2.24, 2.45) is 0 Å². The van der Waals surface area contributed by atoms with Crippen molar-refractivity contribution in [2.45, 2.75) is 32.1 Å². The zero-order valence-corrected chi connectivity index (χ0v) is 14.1. The standard InChI is InChI=1S/C16H24N6O2/c1-24-12-9-17-16(23)8-7-14-19-18-13-5-6-15(20-22(13)14)21-10-3-2-4-11-21/h5-6H,2-4,7-12H2,1H3,(H,17,23). The van der Waals surface area contributed by atoms with Crippen molar-refractivity contribution >= 4 is 17.4 Å². The maximum absolute atomic E-state index is 11.8. The van der Waals surface area contributed by atoms with Crippen LogP contribution in [0.3, 0.4) is 0 Å². The Labute approximate surface area is 141 Å². The van der Waals surface area contributed by atoms with E-state index < -0.39 is 0 Å². The summed E-state index contributed by atoms with van der Waals surface area (Å²) in [5.41, 5.74) is 0.713. The molecule has 130 valence electrons. The minimum atomic E-state index is -0.0176. The third-order valence-electron chi connectivity index (χ3n) is 4.20. The molecule has 3 heterocycles. The molecule has 8 heteroatoms. The number of nitrogens with one attached hydrogen (secondary N) is 1. The molecule has 24 heavy (non-hydrogen) atoms. The van der Waals surface area contributed by atoms with E-state index >= 15 is 0 Å². The number of carbonyl (C=O) groups is 1. The van der Waals surface area contributed by atoms with Crippen LogP contribution in [0.25, 0.3) is 5.65 Å². The summed E-state index contributed by atoms with van der Waals surface area (Å²) in [4.78, 5) is 14.1. The number of rotatable bonds is 7. The van der Waals surface area contributed by atoms with Crippen LogP contribution in [0.2, 0.25) is 0 Å². The molecular formula is C16H24N6O2. The van der Waals surface area contributed by atoms with Crippen LogP contribution in [0.5, 0.6) is 0 Å². The molecule has 1 fully saturated rings. The average molecular weight is 332 g/mol. The summed E-state index contributed by atoms with van der Waals surface area (Å²) in [6, 6.07) is 3.93. The van der Waals surface area contributed by atoms with Gasteiger partial charge in [0, 0.05) is 39.6 Å². The Hall–Kier alpha value is -2.22. The number of hydrogen-bond donors (Lipinski definition) is 1. The lowest BCUT2D eigenvalue weighted by atomic mass is 10.1. The van der Waals surface area contributed by atoms with E-state index in [1.54, 1.807) is 11.6 Å². The first-order chi connectivity index (χ1) is 11.8. The average Bonchev–Trinajstić information content (AvgIpc) is 3.03. The number of methoxy groups -OCH3 is 1. The van der Waals surface area contributed by atoms with Crippen LogP contribution < -0.4 is 10.2 Å². The first-order valence-corrected chi connectivity index (χ1v) is 8.50. The summed E-state index contributed by atoms with van der Waals surface area (Å²) in [5, 5.41) is 15.8. The number of nitrogens with zero attached hydrogens (tertiary/aromatic N) is 5. The van der Waals surface area contributed by atoms with Gasteiger partial charge in [0.1, 0.15) is 5.82 Å². The van der Waals surface area contributed by atoms with Gasteiger partial charge in [-0.3, -0.25) is 4.79 Å². The number of aromatic nitrogens is 4. The lowest BCUT2D eigenvalue weighted by molar-refractivity contribution is -0.121. The number of aryl methyl sites for hydroxylation is 1. The number of ether oxygens (including phenoxy) is 1. The van der Waals surface area contributed by atoms with Crippen molar-refractivity contribution in [3.8, 4) is 0 Å². The minimum absolute atomic E-state index is 0.0176. The second-order valence-electron chi connectivity index (χ2n) is 5.97. The van der Waals surface area contributed by atoms with Gasteiger partial charge in [0.15, 0.2) is 11.5 Å². The van der Waals surface area contributed by atoms with Crippen molar-refractivity contribution in [1.82, 2.24) is 25.1 Å². The summed E-state index contributed by atoms with van der Waals surface area (Å²) >= 11 is 0. The number of piperidine rings is 1. The number of amides is 1. The summed E-state index contributed by atoms with van der Waals surface area (Å²) in [6.45, 7) is 3.11. The van der Waals surface area contributed by atoms with E-state index in [9.17, 15) is 4.79 Å². The molecule has 0 radical (unpaired) electrons. The Bertz CT molecular complexity index is 680. The quantitative estimate of drug-likeness (QED) is 0.755. The van der Waals surface area contributed by atoms with E-state index in [4.69, 9.17) is 4.74 Å². The Kier molecular flexibility index (Phi) is 5.58. The van der Waals surface area contributed by atoms with E-state index in [0.29, 0.717) is 37.5 Å². The van der Waals surface area contributed by atoms with E-state index in [1.165, 1.54) is 19.3 Å². The second-order valence-corrected chi connectivity index (χ2v) is 5.97. The molecular weight excluding hydrogens is 308 g/mol. The van der Waals surface area contributed by atoms with E-state index in [-0.39, 0.29) is 5.91 Å². The molecule has 0 saturated carbocycles. The Balaban J connectivity index is 1.66. The minimum Gasteiger partial charge on any atom is -0.383 e. The molecule has 2 aromatic rings. The molecule has 1 aliphatic rings. The van der Waals surface area contributed by atoms with Crippen molar-refractivity contribution in [3.63, 3.8) is 0 Å². The van der Waals surface area contributed by atoms with Gasteiger partial charge in [-0.25, -0.2) is 0 Å². The van der Waals surface area contributed by atoms with Crippen LogP contribution in [-0.4, -0.2) is 59.1 Å². The highest BCUT2D eigenvalue weighted by molar-refractivity contribution is 5.76. The Morgan fingerprint density at radius 3 is 2.88 bits per heavy atom. The smallest absolute Gasteiger partial charge is 0.220 e. The zero-order valence-electron chi connectivity index (χ0n) is 14.1. The topological polar surface area (TPSA) is 84.6 Å². The third kappa shape index (κ3) is 4.00. The lowest BCUT2D eigenvalue weighted by Crippen LogP contribution is -2.30. The fourth-order valence-electron chi connectivity index (χ4n) is 2.88. The third-order valence-corrected chi connectivity index (χ3v) is 4.20. The summed E-state index contributed by atoms with van der Waals surface area (Å²) in [6.07, 6.45) is 4.57. The fourth-order valence-corrected chi connectivity index (χ4v) is 2.88. The molecule has 0 atom stereocenters. The van der Waals surface area contributed by atoms with Gasteiger partial charge in [-0.1, -0.05) is 0 Å². The van der Waals surface area contributed by atoms with Crippen LogP contribution in [0.1, 0.15) is 31.5 Å². The molecule has 2 aromatic heterocycles. The summed E-state index contributed by atoms with van der Waals surface area (Å²) in [5.74, 6) is 1.65. The summed E-state index contributed by atoms with van der Waals surface area (Å²) in [7, 11) is 1.61. The summed E-state index contributed by atoms with van der Waals surface area (Å²) < 4.78 is 6.67. The predicted molar refractivity (Wildman–Crippen MR) is 90.1 cm³/mol. The van der Waals surface area contributed by atoms with E-state index in [2.05, 4.69) is 25.5 Å². The second kappa shape index (κ2) is 8.05. The van der Waals surface area contributed by atoms with Crippen molar-refractivity contribution in [1.29, 1.82) is 0 Å². The molecule has 0 unspecified atom stereocenters. The van der Waals surface area contributed by atoms with Gasteiger partial charge in [0.2, 0.25) is 5.91 Å². The van der Waals surface area contributed by atoms with E-state index in [0.717, 1.165) is 18.9 Å². The number of anilines is 1. The van der Waals surface area contributed by atoms with Gasteiger partial charge in [-0.2, -0.15) is 4.52 Å². The maximum atomic E-state index is 11.8. The van der Waals surface area contributed by atoms with Gasteiger partial charge in [-0.05, 0) is 31.4 Å². The predicted octanol–water partition coefficient (Wildman–Crippen LogP) is 0.810. The normalized spacial score (nSPS) is 15.0. The van der Waals surface area contributed by atoms with Gasteiger partial charge >= 0.3 is 0 Å². The molecule has 3 rings (SSSR count). The zero-order chi connectivity index (χ0) is 16.8. The lowest BCUT2D eigenvalue weighted by Gasteiger charge is -2.27. The van der Waals surface area contributed by atoms with Crippen molar-refractivity contribution in [3.05, 3.63) is 18.0 Å². The number of hydrogen-bond acceptors (Lipinski definition) is 6. The number of carbonyl (C=O) groups excluding carboxylic acids is 1. The highest BCUT2D eigenvalue weighted by atomic mass is 16.5. The molecule has 0 aliphatic carbocycles. The molecule has 1 saturated heterocycles. The van der Waals surface area contributed by atoms with Gasteiger partial charge < -0.3 is 15.0 Å². The first-order valence-electron chi connectivity index (χ1n) is 8.50. The molecule has 8 nitrogen and oxygen atoms in total. The molecule has 1 amide bonds. The highest BCUT2D eigenvalue weighted by Gasteiger charge is 2.15. The monoisotopic (exact) mass is 332 g/mol. The van der Waals surface area contributed by atoms with Crippen LogP contribution in [0.15, 0.2) is 12.1 Å². The van der Waals surface area contributed by atoms with Crippen LogP contribution in [-0.2, 0) is 16.0 Å². The Morgan fingerprint density at radius 2 is 2.08 bits per heavy atom. The van der Waals surface area contributed by atoms with Crippen molar-refractivity contribution in [2.75, 3.05) is 38.3 Å². The molecule has 0 bridgehead atoms. The van der Waals surface area contributed by atoms with Crippen LogP contribution in [0.4, 0.5) is 5.82 Å².